The molecule has 112 valence electrons. The molecule has 0 aliphatic heterocycles. The maximum atomic E-state index is 9.76. The summed E-state index contributed by atoms with van der Waals surface area (Å²) in [5.41, 5.74) is -0.0906. The van der Waals surface area contributed by atoms with Gasteiger partial charge in [0.15, 0.2) is 0 Å². The molecule has 0 aromatic heterocycles. The van der Waals surface area contributed by atoms with Gasteiger partial charge < -0.3 is 15.2 Å². The number of ether oxygens (including phenoxy) is 1. The zero-order valence-electron chi connectivity index (χ0n) is 12.4. The summed E-state index contributed by atoms with van der Waals surface area (Å²) in [5.74, 6) is 0.945. The van der Waals surface area contributed by atoms with Gasteiger partial charge in [-0.15, -0.1) is 11.8 Å². The Morgan fingerprint density at radius 1 is 1.45 bits per heavy atom. The highest BCUT2D eigenvalue weighted by Gasteiger charge is 2.35. The molecule has 1 saturated carbocycles. The molecule has 1 aliphatic rings. The molecule has 4 heteroatoms. The predicted octanol–water partition coefficient (Wildman–Crippen LogP) is 3.07. The van der Waals surface area contributed by atoms with Crippen molar-refractivity contribution in [2.45, 2.75) is 48.3 Å². The van der Waals surface area contributed by atoms with Crippen LogP contribution in [0.15, 0.2) is 29.2 Å². The first-order valence-corrected chi connectivity index (χ1v) is 8.26. The number of para-hydroxylation sites is 1. The molecule has 0 amide bonds. The van der Waals surface area contributed by atoms with Crippen molar-refractivity contribution in [3.05, 3.63) is 24.3 Å². The third-order valence-corrected chi connectivity index (χ3v) is 5.34. The lowest BCUT2D eigenvalue weighted by atomic mass is 9.82. The van der Waals surface area contributed by atoms with Crippen molar-refractivity contribution < 1.29 is 9.84 Å². The van der Waals surface area contributed by atoms with Gasteiger partial charge in [-0.25, -0.2) is 0 Å². The Bertz CT molecular complexity index is 423. The average molecular weight is 295 g/mol. The number of aliphatic hydroxyl groups is 1. The summed E-state index contributed by atoms with van der Waals surface area (Å²) in [6.45, 7) is 3.24. The van der Waals surface area contributed by atoms with Crippen LogP contribution in [0.4, 0.5) is 0 Å². The van der Waals surface area contributed by atoms with Crippen molar-refractivity contribution in [3.63, 3.8) is 0 Å². The Morgan fingerprint density at radius 2 is 2.25 bits per heavy atom. The Labute approximate surface area is 126 Å². The van der Waals surface area contributed by atoms with Gasteiger partial charge in [0.25, 0.3) is 0 Å². The molecule has 2 rings (SSSR count). The van der Waals surface area contributed by atoms with Crippen molar-refractivity contribution in [3.8, 4) is 5.75 Å². The number of hydrogen-bond acceptors (Lipinski definition) is 4. The average Bonchev–Trinajstić information content (AvgIpc) is 2.48. The molecule has 0 saturated heterocycles. The van der Waals surface area contributed by atoms with Crippen LogP contribution < -0.4 is 10.1 Å². The van der Waals surface area contributed by atoms with Crippen molar-refractivity contribution in [1.82, 2.24) is 5.32 Å². The van der Waals surface area contributed by atoms with Crippen molar-refractivity contribution in [2.24, 2.45) is 0 Å². The number of methoxy groups -OCH3 is 1. The number of likely N-dealkylation sites (N-methyl/N-ethyl adjacent to an activating group) is 1. The molecule has 3 nitrogen and oxygen atoms in total. The van der Waals surface area contributed by atoms with Crippen LogP contribution in [0.5, 0.6) is 5.75 Å². The van der Waals surface area contributed by atoms with Crippen LogP contribution in [0.2, 0.25) is 0 Å². The summed E-state index contributed by atoms with van der Waals surface area (Å²) in [4.78, 5) is 1.20. The van der Waals surface area contributed by atoms with Crippen LogP contribution in [0.3, 0.4) is 0 Å². The third kappa shape index (κ3) is 3.68. The minimum Gasteiger partial charge on any atom is -0.496 e. The second-order valence-electron chi connectivity index (χ2n) is 5.46. The van der Waals surface area contributed by atoms with Gasteiger partial charge in [0.1, 0.15) is 5.75 Å². The Morgan fingerprint density at radius 3 is 2.95 bits per heavy atom. The molecule has 1 aliphatic carbocycles. The SMILES string of the molecule is CCNC1(CO)CCCC(Sc2ccccc2OC)C1. The molecule has 0 bridgehead atoms. The summed E-state index contributed by atoms with van der Waals surface area (Å²) in [6.07, 6.45) is 4.45. The minimum atomic E-state index is -0.0906. The number of hydrogen-bond donors (Lipinski definition) is 2. The van der Waals surface area contributed by atoms with E-state index in [2.05, 4.69) is 24.4 Å². The summed E-state index contributed by atoms with van der Waals surface area (Å²) >= 11 is 1.88. The molecule has 0 heterocycles. The van der Waals surface area contributed by atoms with E-state index in [1.807, 2.05) is 23.9 Å². The molecule has 2 N–H and O–H groups in total. The van der Waals surface area contributed by atoms with Gasteiger partial charge in [-0.2, -0.15) is 0 Å². The lowest BCUT2D eigenvalue weighted by Gasteiger charge is -2.40. The zero-order chi connectivity index (χ0) is 14.4. The number of rotatable bonds is 6. The first kappa shape index (κ1) is 15.7. The van der Waals surface area contributed by atoms with Crippen molar-refractivity contribution >= 4 is 11.8 Å². The highest BCUT2D eigenvalue weighted by molar-refractivity contribution is 8.00. The molecule has 0 spiro atoms. The van der Waals surface area contributed by atoms with E-state index in [9.17, 15) is 5.11 Å². The topological polar surface area (TPSA) is 41.5 Å². The second kappa shape index (κ2) is 7.34. The van der Waals surface area contributed by atoms with E-state index < -0.39 is 0 Å². The zero-order valence-corrected chi connectivity index (χ0v) is 13.2. The molecular weight excluding hydrogens is 270 g/mol. The second-order valence-corrected chi connectivity index (χ2v) is 6.80. The molecule has 1 aromatic rings. The van der Waals surface area contributed by atoms with Gasteiger partial charge in [0, 0.05) is 15.7 Å². The Hall–Kier alpha value is -0.710. The van der Waals surface area contributed by atoms with E-state index in [-0.39, 0.29) is 12.1 Å². The molecule has 0 radical (unpaired) electrons. The van der Waals surface area contributed by atoms with Crippen LogP contribution in [-0.2, 0) is 0 Å². The van der Waals surface area contributed by atoms with Gasteiger partial charge in [0.2, 0.25) is 0 Å². The molecule has 2 atom stereocenters. The van der Waals surface area contributed by atoms with Crippen LogP contribution in [-0.4, -0.2) is 36.2 Å². The number of thioether (sulfide) groups is 1. The summed E-state index contributed by atoms with van der Waals surface area (Å²) in [5, 5.41) is 13.8. The van der Waals surface area contributed by atoms with Crippen LogP contribution >= 0.6 is 11.8 Å². The third-order valence-electron chi connectivity index (χ3n) is 4.02. The molecule has 1 fully saturated rings. The van der Waals surface area contributed by atoms with E-state index in [0.717, 1.165) is 25.1 Å². The van der Waals surface area contributed by atoms with Crippen LogP contribution in [0.1, 0.15) is 32.6 Å². The molecule has 1 aromatic carbocycles. The van der Waals surface area contributed by atoms with E-state index >= 15 is 0 Å². The monoisotopic (exact) mass is 295 g/mol. The largest absolute Gasteiger partial charge is 0.496 e. The fourth-order valence-electron chi connectivity index (χ4n) is 3.04. The van der Waals surface area contributed by atoms with Gasteiger partial charge >= 0.3 is 0 Å². The summed E-state index contributed by atoms with van der Waals surface area (Å²) < 4.78 is 5.43. The first-order valence-electron chi connectivity index (χ1n) is 7.38. The van der Waals surface area contributed by atoms with Gasteiger partial charge in [-0.3, -0.25) is 0 Å². The molecule has 20 heavy (non-hydrogen) atoms. The van der Waals surface area contributed by atoms with Crippen LogP contribution in [0.25, 0.3) is 0 Å². The van der Waals surface area contributed by atoms with E-state index in [0.29, 0.717) is 5.25 Å². The van der Waals surface area contributed by atoms with Gasteiger partial charge in [-0.05, 0) is 37.9 Å². The number of benzene rings is 1. The minimum absolute atomic E-state index is 0.0906. The van der Waals surface area contributed by atoms with E-state index in [4.69, 9.17) is 4.74 Å². The smallest absolute Gasteiger partial charge is 0.132 e. The predicted molar refractivity (Wildman–Crippen MR) is 84.6 cm³/mol. The highest BCUT2D eigenvalue weighted by atomic mass is 32.2. The van der Waals surface area contributed by atoms with E-state index in [1.54, 1.807) is 7.11 Å². The number of nitrogens with one attached hydrogen (secondary N) is 1. The normalized spacial score (nSPS) is 26.4. The van der Waals surface area contributed by atoms with E-state index in [1.165, 1.54) is 17.7 Å². The Kier molecular flexibility index (Phi) is 5.75. The van der Waals surface area contributed by atoms with Crippen molar-refractivity contribution in [2.75, 3.05) is 20.3 Å². The number of aliphatic hydroxyl groups excluding tert-OH is 1. The van der Waals surface area contributed by atoms with Gasteiger partial charge in [0.05, 0.1) is 13.7 Å². The first-order chi connectivity index (χ1) is 9.73. The van der Waals surface area contributed by atoms with Crippen LogP contribution in [0, 0.1) is 0 Å². The van der Waals surface area contributed by atoms with Gasteiger partial charge in [-0.1, -0.05) is 25.5 Å². The fourth-order valence-corrected chi connectivity index (χ4v) is 4.51. The Balaban J connectivity index is 2.05. The lowest BCUT2D eigenvalue weighted by Crippen LogP contribution is -2.52. The maximum absolute atomic E-state index is 9.76. The highest BCUT2D eigenvalue weighted by Crippen LogP contribution is 2.41. The lowest BCUT2D eigenvalue weighted by molar-refractivity contribution is 0.125. The molecule has 2 unspecified atom stereocenters. The fraction of sp³-hybridized carbons (Fsp3) is 0.625. The quantitative estimate of drug-likeness (QED) is 0.846. The summed E-state index contributed by atoms with van der Waals surface area (Å²) in [6, 6.07) is 8.18. The summed E-state index contributed by atoms with van der Waals surface area (Å²) in [7, 11) is 1.72. The standard InChI is InChI=1S/C16H25NO2S/c1-3-17-16(12-18)10-6-7-13(11-16)20-15-9-5-4-8-14(15)19-2/h4-5,8-9,13,17-18H,3,6-7,10-12H2,1-2H3. The molecular formula is C16H25NO2S. The maximum Gasteiger partial charge on any atom is 0.132 e. The van der Waals surface area contributed by atoms with Crippen molar-refractivity contribution in [1.29, 1.82) is 0 Å².